The Labute approximate surface area is 115 Å². The molecule has 5 heteroatoms. The van der Waals surface area contributed by atoms with Crippen LogP contribution >= 0.6 is 0 Å². The van der Waals surface area contributed by atoms with E-state index in [1.54, 1.807) is 24.5 Å². The van der Waals surface area contributed by atoms with Crippen LogP contribution in [0.15, 0.2) is 47.1 Å². The van der Waals surface area contributed by atoms with Crippen molar-refractivity contribution in [1.82, 2.24) is 15.3 Å². The highest BCUT2D eigenvalue weighted by atomic mass is 16.3. The molecule has 2 heterocycles. The average molecular weight is 267 g/mol. The van der Waals surface area contributed by atoms with Gasteiger partial charge in [0.1, 0.15) is 5.52 Å². The molecule has 0 fully saturated rings. The molecule has 3 rings (SSSR count). The molecule has 0 unspecified atom stereocenters. The predicted octanol–water partition coefficient (Wildman–Crippen LogP) is 2.46. The van der Waals surface area contributed by atoms with E-state index < -0.39 is 0 Å². The minimum Gasteiger partial charge on any atom is -0.441 e. The van der Waals surface area contributed by atoms with E-state index in [1.807, 2.05) is 25.1 Å². The summed E-state index contributed by atoms with van der Waals surface area (Å²) in [5.74, 6) is 0.516. The van der Waals surface area contributed by atoms with E-state index in [2.05, 4.69) is 15.3 Å². The molecule has 2 aromatic heterocycles. The molecular formula is C15H13N3O2. The Bertz CT molecular complexity index is 750. The number of carbonyl (C=O) groups excluding carboxylic acids is 1. The van der Waals surface area contributed by atoms with Crippen LogP contribution in [0.5, 0.6) is 0 Å². The molecule has 0 aliphatic carbocycles. The normalized spacial score (nSPS) is 10.7. The summed E-state index contributed by atoms with van der Waals surface area (Å²) in [6.07, 6.45) is 3.19. The highest BCUT2D eigenvalue weighted by Gasteiger charge is 2.06. The van der Waals surface area contributed by atoms with Crippen molar-refractivity contribution in [1.29, 1.82) is 0 Å². The molecule has 0 aliphatic heterocycles. The van der Waals surface area contributed by atoms with Crippen LogP contribution in [0.25, 0.3) is 11.1 Å². The zero-order valence-corrected chi connectivity index (χ0v) is 11.0. The number of nitrogens with one attached hydrogen (secondary N) is 1. The van der Waals surface area contributed by atoms with E-state index in [0.29, 0.717) is 18.0 Å². The molecule has 0 spiro atoms. The molecule has 1 amide bonds. The Morgan fingerprint density at radius 2 is 2.05 bits per heavy atom. The van der Waals surface area contributed by atoms with E-state index in [0.717, 1.165) is 16.7 Å². The second kappa shape index (κ2) is 5.13. The molecule has 1 N–H and O–H groups in total. The van der Waals surface area contributed by atoms with Crippen LogP contribution in [0, 0.1) is 6.92 Å². The Kier molecular flexibility index (Phi) is 3.16. The van der Waals surface area contributed by atoms with Crippen molar-refractivity contribution in [3.05, 3.63) is 59.7 Å². The van der Waals surface area contributed by atoms with Gasteiger partial charge in [0.2, 0.25) is 0 Å². The third-order valence-corrected chi connectivity index (χ3v) is 2.95. The van der Waals surface area contributed by atoms with Gasteiger partial charge in [0.05, 0.1) is 0 Å². The second-order valence-electron chi connectivity index (χ2n) is 4.45. The van der Waals surface area contributed by atoms with Crippen LogP contribution in [0.3, 0.4) is 0 Å². The molecule has 100 valence electrons. The predicted molar refractivity (Wildman–Crippen MR) is 74.2 cm³/mol. The summed E-state index contributed by atoms with van der Waals surface area (Å²) in [7, 11) is 0. The van der Waals surface area contributed by atoms with Crippen molar-refractivity contribution in [2.24, 2.45) is 0 Å². The lowest BCUT2D eigenvalue weighted by Crippen LogP contribution is -2.22. The van der Waals surface area contributed by atoms with E-state index in [-0.39, 0.29) is 5.91 Å². The van der Waals surface area contributed by atoms with Gasteiger partial charge in [-0.2, -0.15) is 0 Å². The monoisotopic (exact) mass is 267 g/mol. The van der Waals surface area contributed by atoms with Crippen LogP contribution in [0.1, 0.15) is 21.8 Å². The molecule has 0 atom stereocenters. The topological polar surface area (TPSA) is 68.0 Å². The maximum atomic E-state index is 11.9. The smallest absolute Gasteiger partial charge is 0.251 e. The summed E-state index contributed by atoms with van der Waals surface area (Å²) >= 11 is 0. The highest BCUT2D eigenvalue weighted by molar-refractivity contribution is 5.93. The third kappa shape index (κ3) is 2.51. The summed E-state index contributed by atoms with van der Waals surface area (Å²) in [6.45, 7) is 2.26. The molecule has 5 nitrogen and oxygen atoms in total. The summed E-state index contributed by atoms with van der Waals surface area (Å²) in [4.78, 5) is 20.1. The van der Waals surface area contributed by atoms with Gasteiger partial charge in [0, 0.05) is 31.4 Å². The van der Waals surface area contributed by atoms with Crippen molar-refractivity contribution in [3.8, 4) is 0 Å². The van der Waals surface area contributed by atoms with E-state index in [1.165, 1.54) is 0 Å². The Balaban J connectivity index is 1.72. The molecule has 0 radical (unpaired) electrons. The average Bonchev–Trinajstić information content (AvgIpc) is 2.85. The number of fused-ring (bicyclic) bond motifs is 1. The zero-order valence-electron chi connectivity index (χ0n) is 11.0. The number of amides is 1. The molecule has 20 heavy (non-hydrogen) atoms. The number of hydrogen-bond acceptors (Lipinski definition) is 4. The van der Waals surface area contributed by atoms with E-state index in [9.17, 15) is 4.79 Å². The van der Waals surface area contributed by atoms with Gasteiger partial charge in [0.15, 0.2) is 11.5 Å². The van der Waals surface area contributed by atoms with Crippen LogP contribution < -0.4 is 5.32 Å². The van der Waals surface area contributed by atoms with Gasteiger partial charge in [-0.05, 0) is 29.8 Å². The number of nitrogens with zero attached hydrogens (tertiary/aromatic N) is 2. The fourth-order valence-corrected chi connectivity index (χ4v) is 1.99. The Hall–Kier alpha value is -2.69. The molecule has 0 bridgehead atoms. The fourth-order valence-electron chi connectivity index (χ4n) is 1.99. The zero-order chi connectivity index (χ0) is 13.9. The number of rotatable bonds is 3. The van der Waals surface area contributed by atoms with Crippen LogP contribution in [-0.2, 0) is 6.54 Å². The number of oxazole rings is 1. The molecule has 0 aliphatic rings. The van der Waals surface area contributed by atoms with Crippen molar-refractivity contribution in [2.45, 2.75) is 13.5 Å². The van der Waals surface area contributed by atoms with Gasteiger partial charge in [-0.15, -0.1) is 0 Å². The molecule has 0 saturated heterocycles. The van der Waals surface area contributed by atoms with E-state index >= 15 is 0 Å². The van der Waals surface area contributed by atoms with Crippen LogP contribution in [-0.4, -0.2) is 15.9 Å². The van der Waals surface area contributed by atoms with Gasteiger partial charge in [0.25, 0.3) is 5.91 Å². The molecule has 1 aromatic carbocycles. The summed E-state index contributed by atoms with van der Waals surface area (Å²) in [6, 6.07) is 9.06. The largest absolute Gasteiger partial charge is 0.441 e. The molecule has 0 saturated carbocycles. The second-order valence-corrected chi connectivity index (χ2v) is 4.45. The van der Waals surface area contributed by atoms with Crippen LogP contribution in [0.2, 0.25) is 0 Å². The number of pyridine rings is 1. The standard InChI is InChI=1S/C15H13N3O2/c1-10-18-13-8-11(2-3-14(13)20-10)9-17-15(19)12-4-6-16-7-5-12/h2-8H,9H2,1H3,(H,17,19). The third-order valence-electron chi connectivity index (χ3n) is 2.95. The van der Waals surface area contributed by atoms with Crippen molar-refractivity contribution in [3.63, 3.8) is 0 Å². The first-order valence-electron chi connectivity index (χ1n) is 6.27. The first kappa shape index (κ1) is 12.3. The highest BCUT2D eigenvalue weighted by Crippen LogP contribution is 2.16. The number of carbonyl (C=O) groups is 1. The van der Waals surface area contributed by atoms with Gasteiger partial charge in [-0.1, -0.05) is 6.07 Å². The first-order chi connectivity index (χ1) is 9.72. The minimum absolute atomic E-state index is 0.121. The van der Waals surface area contributed by atoms with Crippen molar-refractivity contribution >= 4 is 17.0 Å². The first-order valence-corrected chi connectivity index (χ1v) is 6.27. The van der Waals surface area contributed by atoms with Gasteiger partial charge >= 0.3 is 0 Å². The number of aryl methyl sites for hydroxylation is 1. The van der Waals surface area contributed by atoms with Crippen LogP contribution in [0.4, 0.5) is 0 Å². The maximum Gasteiger partial charge on any atom is 0.251 e. The number of aromatic nitrogens is 2. The quantitative estimate of drug-likeness (QED) is 0.791. The van der Waals surface area contributed by atoms with E-state index in [4.69, 9.17) is 4.42 Å². The summed E-state index contributed by atoms with van der Waals surface area (Å²) in [5.41, 5.74) is 3.14. The molecular weight excluding hydrogens is 254 g/mol. The summed E-state index contributed by atoms with van der Waals surface area (Å²) < 4.78 is 5.41. The SMILES string of the molecule is Cc1nc2cc(CNC(=O)c3ccncc3)ccc2o1. The van der Waals surface area contributed by atoms with Gasteiger partial charge in [-0.25, -0.2) is 4.98 Å². The van der Waals surface area contributed by atoms with Crippen molar-refractivity contribution < 1.29 is 9.21 Å². The lowest BCUT2D eigenvalue weighted by molar-refractivity contribution is 0.0951. The van der Waals surface area contributed by atoms with Crippen molar-refractivity contribution in [2.75, 3.05) is 0 Å². The Morgan fingerprint density at radius 1 is 1.25 bits per heavy atom. The van der Waals surface area contributed by atoms with Gasteiger partial charge in [-0.3, -0.25) is 9.78 Å². The summed E-state index contributed by atoms with van der Waals surface area (Å²) in [5, 5.41) is 2.86. The minimum atomic E-state index is -0.121. The number of benzene rings is 1. The fraction of sp³-hybridized carbons (Fsp3) is 0.133. The number of hydrogen-bond donors (Lipinski definition) is 1. The Morgan fingerprint density at radius 3 is 2.85 bits per heavy atom. The maximum absolute atomic E-state index is 11.9. The lowest BCUT2D eigenvalue weighted by Gasteiger charge is -2.04. The van der Waals surface area contributed by atoms with Gasteiger partial charge < -0.3 is 9.73 Å². The lowest BCUT2D eigenvalue weighted by atomic mass is 10.2. The molecule has 3 aromatic rings.